The first-order chi connectivity index (χ1) is 15.4. The molecule has 162 valence electrons. The average molecular weight is 509 g/mol. The highest BCUT2D eigenvalue weighted by Crippen LogP contribution is 2.24. The van der Waals surface area contributed by atoms with E-state index in [-0.39, 0.29) is 18.0 Å². The minimum absolute atomic E-state index is 0.0769. The first-order valence-electron chi connectivity index (χ1n) is 10.0. The molecular formula is C25H21BrN2O3S. The van der Waals surface area contributed by atoms with Crippen molar-refractivity contribution < 1.29 is 13.2 Å². The summed E-state index contributed by atoms with van der Waals surface area (Å²) < 4.78 is 28.8. The van der Waals surface area contributed by atoms with Crippen LogP contribution in [0.15, 0.2) is 106 Å². The zero-order valence-electron chi connectivity index (χ0n) is 17.1. The average Bonchev–Trinajstić information content (AvgIpc) is 2.81. The van der Waals surface area contributed by atoms with E-state index < -0.39 is 15.9 Å². The van der Waals surface area contributed by atoms with Crippen LogP contribution in [0.4, 0.5) is 5.69 Å². The summed E-state index contributed by atoms with van der Waals surface area (Å²) in [6, 6.07) is 28.9. The van der Waals surface area contributed by atoms with Crippen molar-refractivity contribution in [3.8, 4) is 0 Å². The van der Waals surface area contributed by atoms with Crippen LogP contribution in [0.2, 0.25) is 0 Å². The molecule has 0 saturated heterocycles. The van der Waals surface area contributed by atoms with Gasteiger partial charge in [-0.2, -0.15) is 4.31 Å². The summed E-state index contributed by atoms with van der Waals surface area (Å²) in [5, 5.41) is 4.77. The number of hydrogen-bond donors (Lipinski definition) is 1. The lowest BCUT2D eigenvalue weighted by Crippen LogP contribution is -2.37. The third kappa shape index (κ3) is 5.07. The Balaban J connectivity index is 1.62. The quantitative estimate of drug-likeness (QED) is 0.361. The van der Waals surface area contributed by atoms with Crippen LogP contribution in [0.3, 0.4) is 0 Å². The number of anilines is 1. The maximum atomic E-state index is 13.3. The van der Waals surface area contributed by atoms with Gasteiger partial charge in [0.15, 0.2) is 0 Å². The van der Waals surface area contributed by atoms with Crippen molar-refractivity contribution in [1.29, 1.82) is 0 Å². The highest BCUT2D eigenvalue weighted by atomic mass is 79.9. The summed E-state index contributed by atoms with van der Waals surface area (Å²) in [6.07, 6.45) is 0. The molecule has 0 atom stereocenters. The maximum absolute atomic E-state index is 13.3. The van der Waals surface area contributed by atoms with E-state index in [4.69, 9.17) is 0 Å². The molecule has 5 nitrogen and oxygen atoms in total. The summed E-state index contributed by atoms with van der Waals surface area (Å²) in [7, 11) is -3.88. The molecule has 0 spiro atoms. The van der Waals surface area contributed by atoms with E-state index in [1.807, 2.05) is 66.7 Å². The topological polar surface area (TPSA) is 66.5 Å². The summed E-state index contributed by atoms with van der Waals surface area (Å²) >= 11 is 3.39. The number of benzene rings is 4. The summed E-state index contributed by atoms with van der Waals surface area (Å²) in [6.45, 7) is -0.232. The molecule has 1 N–H and O–H groups in total. The van der Waals surface area contributed by atoms with Gasteiger partial charge in [-0.15, -0.1) is 0 Å². The third-order valence-electron chi connectivity index (χ3n) is 5.04. The number of hydrogen-bond acceptors (Lipinski definition) is 3. The van der Waals surface area contributed by atoms with Gasteiger partial charge < -0.3 is 5.32 Å². The summed E-state index contributed by atoms with van der Waals surface area (Å²) in [5.74, 6) is -0.405. The molecule has 0 aromatic heterocycles. The van der Waals surface area contributed by atoms with Crippen molar-refractivity contribution in [2.45, 2.75) is 11.4 Å². The molecule has 0 aliphatic carbocycles. The monoisotopic (exact) mass is 508 g/mol. The van der Waals surface area contributed by atoms with Gasteiger partial charge >= 0.3 is 0 Å². The number of carbonyl (C=O) groups excluding carboxylic acids is 1. The molecule has 7 heteroatoms. The van der Waals surface area contributed by atoms with Crippen molar-refractivity contribution >= 4 is 48.3 Å². The lowest BCUT2D eigenvalue weighted by atomic mass is 10.1. The number of sulfonamides is 1. The fourth-order valence-corrected chi connectivity index (χ4v) is 5.11. The van der Waals surface area contributed by atoms with Crippen LogP contribution in [0.5, 0.6) is 0 Å². The van der Waals surface area contributed by atoms with Crippen molar-refractivity contribution in [1.82, 2.24) is 4.31 Å². The van der Waals surface area contributed by atoms with Crippen LogP contribution in [0.25, 0.3) is 10.8 Å². The van der Waals surface area contributed by atoms with Gasteiger partial charge in [-0.05, 0) is 41.3 Å². The fourth-order valence-electron chi connectivity index (χ4n) is 3.45. The highest BCUT2D eigenvalue weighted by Gasteiger charge is 2.27. The maximum Gasteiger partial charge on any atom is 0.243 e. The second-order valence-electron chi connectivity index (χ2n) is 7.29. The first-order valence-corrected chi connectivity index (χ1v) is 12.2. The Morgan fingerprint density at radius 3 is 2.22 bits per heavy atom. The van der Waals surface area contributed by atoms with E-state index in [9.17, 15) is 13.2 Å². The van der Waals surface area contributed by atoms with E-state index in [0.29, 0.717) is 5.69 Å². The van der Waals surface area contributed by atoms with E-state index in [1.165, 1.54) is 16.4 Å². The second-order valence-corrected chi connectivity index (χ2v) is 10.1. The lowest BCUT2D eigenvalue weighted by molar-refractivity contribution is -0.116. The first kappa shape index (κ1) is 22.2. The number of fused-ring (bicyclic) bond motifs is 1. The van der Waals surface area contributed by atoms with Crippen LogP contribution in [0, 0.1) is 0 Å². The Morgan fingerprint density at radius 1 is 0.812 bits per heavy atom. The molecule has 0 bridgehead atoms. The van der Waals surface area contributed by atoms with Crippen molar-refractivity contribution in [2.75, 3.05) is 11.9 Å². The predicted octanol–water partition coefficient (Wildman–Crippen LogP) is 5.43. The minimum atomic E-state index is -3.88. The summed E-state index contributed by atoms with van der Waals surface area (Å²) in [4.78, 5) is 13.1. The Bertz CT molecular complexity index is 1340. The van der Waals surface area contributed by atoms with Gasteiger partial charge in [0.25, 0.3) is 0 Å². The van der Waals surface area contributed by atoms with E-state index in [0.717, 1.165) is 20.8 Å². The molecular weight excluding hydrogens is 488 g/mol. The molecule has 0 radical (unpaired) electrons. The van der Waals surface area contributed by atoms with Crippen LogP contribution < -0.4 is 5.32 Å². The minimum Gasteiger partial charge on any atom is -0.324 e. The zero-order chi connectivity index (χ0) is 22.6. The molecule has 4 aromatic rings. The number of carbonyl (C=O) groups is 1. The smallest absolute Gasteiger partial charge is 0.243 e. The predicted molar refractivity (Wildman–Crippen MR) is 131 cm³/mol. The number of amides is 1. The van der Waals surface area contributed by atoms with Crippen molar-refractivity contribution in [3.05, 3.63) is 107 Å². The van der Waals surface area contributed by atoms with E-state index in [2.05, 4.69) is 21.2 Å². The van der Waals surface area contributed by atoms with Crippen molar-refractivity contribution in [3.63, 3.8) is 0 Å². The Hall–Kier alpha value is -3.00. The molecule has 4 aromatic carbocycles. The number of nitrogens with zero attached hydrogens (tertiary/aromatic N) is 1. The standard InChI is InChI=1S/C25H21BrN2O3S/c26-21-15-13-19(14-16-21)17-28(32(30,31)22-9-2-1-3-10-22)18-25(29)27-24-12-6-8-20-7-4-5-11-23(20)24/h1-16H,17-18H2,(H,27,29). The molecule has 0 saturated carbocycles. The summed E-state index contributed by atoms with van der Waals surface area (Å²) in [5.41, 5.74) is 1.43. The molecule has 0 unspecified atom stereocenters. The molecule has 32 heavy (non-hydrogen) atoms. The van der Waals surface area contributed by atoms with Gasteiger partial charge in [0.2, 0.25) is 15.9 Å². The van der Waals surface area contributed by atoms with Crippen molar-refractivity contribution in [2.24, 2.45) is 0 Å². The molecule has 0 fully saturated rings. The van der Waals surface area contributed by atoms with Crippen LogP contribution >= 0.6 is 15.9 Å². The highest BCUT2D eigenvalue weighted by molar-refractivity contribution is 9.10. The van der Waals surface area contributed by atoms with Gasteiger partial charge in [-0.25, -0.2) is 8.42 Å². The molecule has 0 heterocycles. The van der Waals surface area contributed by atoms with Gasteiger partial charge in [0.05, 0.1) is 11.4 Å². The van der Waals surface area contributed by atoms with Crippen LogP contribution in [0.1, 0.15) is 5.56 Å². The molecule has 1 amide bonds. The fraction of sp³-hybridized carbons (Fsp3) is 0.0800. The third-order valence-corrected chi connectivity index (χ3v) is 7.37. The van der Waals surface area contributed by atoms with Gasteiger partial charge in [-0.3, -0.25) is 4.79 Å². The number of nitrogens with one attached hydrogen (secondary N) is 1. The van der Waals surface area contributed by atoms with E-state index >= 15 is 0 Å². The van der Waals surface area contributed by atoms with Crippen LogP contribution in [-0.2, 0) is 21.4 Å². The largest absolute Gasteiger partial charge is 0.324 e. The number of rotatable bonds is 7. The molecule has 4 rings (SSSR count). The SMILES string of the molecule is O=C(CN(Cc1ccc(Br)cc1)S(=O)(=O)c1ccccc1)Nc1cccc2ccccc12. The van der Waals surface area contributed by atoms with Gasteiger partial charge in [-0.1, -0.05) is 82.7 Å². The zero-order valence-corrected chi connectivity index (χ0v) is 19.5. The normalized spacial score (nSPS) is 11.6. The Kier molecular flexibility index (Phi) is 6.69. The molecule has 0 aliphatic rings. The molecule has 0 aliphatic heterocycles. The number of halogens is 1. The Labute approximate surface area is 195 Å². The van der Waals surface area contributed by atoms with Crippen LogP contribution in [-0.4, -0.2) is 25.2 Å². The van der Waals surface area contributed by atoms with E-state index in [1.54, 1.807) is 18.2 Å². The lowest BCUT2D eigenvalue weighted by Gasteiger charge is -2.22. The Morgan fingerprint density at radius 2 is 1.47 bits per heavy atom. The second kappa shape index (κ2) is 9.65. The van der Waals surface area contributed by atoms with Gasteiger partial charge in [0, 0.05) is 22.1 Å². The van der Waals surface area contributed by atoms with Gasteiger partial charge in [0.1, 0.15) is 0 Å².